The molecule has 0 unspecified atom stereocenters. The summed E-state index contributed by atoms with van der Waals surface area (Å²) >= 11 is 0. The van der Waals surface area contributed by atoms with Crippen molar-refractivity contribution in [3.8, 4) is 0 Å². The maximum absolute atomic E-state index is 6.67. The van der Waals surface area contributed by atoms with Crippen LogP contribution >= 0.6 is 0 Å². The smallest absolute Gasteiger partial charge is 0.167 e. The summed E-state index contributed by atoms with van der Waals surface area (Å²) in [5.74, 6) is 1.46. The molecule has 2 aliphatic heterocycles. The number of nitrogen functional groups attached to an aromatic ring is 1. The molecule has 0 bridgehead atoms. The summed E-state index contributed by atoms with van der Waals surface area (Å²) in [4.78, 5) is 24.0. The van der Waals surface area contributed by atoms with Gasteiger partial charge in [-0.1, -0.05) is 33.8 Å². The summed E-state index contributed by atoms with van der Waals surface area (Å²) in [5, 5.41) is 0. The molecule has 5 heterocycles. The minimum atomic E-state index is -0.691. The molecule has 7 rings (SSSR count). The number of aryl methyl sites for hydroxylation is 1. The number of nitrogens with zero attached hydrogens (tertiary/aromatic N) is 6. The number of benzene rings is 1. The molecule has 1 aromatic carbocycles. The number of aromatic amines is 1. The molecule has 11 nitrogen and oxygen atoms in total. The molecule has 1 saturated carbocycles. The molecule has 2 saturated heterocycles. The normalized spacial score (nSPS) is 28.6. The molecule has 0 radical (unpaired) electrons. The van der Waals surface area contributed by atoms with E-state index in [0.29, 0.717) is 28.9 Å². The number of rotatable bonds is 8. The summed E-state index contributed by atoms with van der Waals surface area (Å²) in [6.45, 7) is 14.6. The van der Waals surface area contributed by atoms with Gasteiger partial charge >= 0.3 is 0 Å². The number of likely N-dealkylation sites (N-methyl/N-ethyl adjacent to an activating group) is 1. The van der Waals surface area contributed by atoms with Crippen LogP contribution in [0.5, 0.6) is 0 Å². The minimum Gasteiger partial charge on any atom is -0.382 e. The molecule has 0 spiro atoms. The van der Waals surface area contributed by atoms with Gasteiger partial charge in [-0.2, -0.15) is 0 Å². The summed E-state index contributed by atoms with van der Waals surface area (Å²) in [6, 6.07) is 7.14. The van der Waals surface area contributed by atoms with Crippen LogP contribution in [0.25, 0.3) is 22.2 Å². The largest absolute Gasteiger partial charge is 0.382 e. The minimum absolute atomic E-state index is 0.126. The maximum atomic E-state index is 6.67. The van der Waals surface area contributed by atoms with E-state index in [9.17, 15) is 0 Å². The average Bonchev–Trinajstić information content (AvgIpc) is 3.68. The Bertz CT molecular complexity index is 1620. The zero-order chi connectivity index (χ0) is 30.1. The Morgan fingerprint density at radius 2 is 1.91 bits per heavy atom. The van der Waals surface area contributed by atoms with Gasteiger partial charge in [0.2, 0.25) is 0 Å². The van der Waals surface area contributed by atoms with Crippen molar-refractivity contribution in [2.24, 2.45) is 5.92 Å². The molecule has 3 aromatic heterocycles. The zero-order valence-electron chi connectivity index (χ0n) is 26.1. The molecule has 230 valence electrons. The van der Waals surface area contributed by atoms with E-state index in [-0.39, 0.29) is 23.7 Å². The van der Waals surface area contributed by atoms with Gasteiger partial charge in [0.25, 0.3) is 0 Å². The highest BCUT2D eigenvalue weighted by Crippen LogP contribution is 2.45. The highest BCUT2D eigenvalue weighted by atomic mass is 16.8. The zero-order valence-corrected chi connectivity index (χ0v) is 26.1. The van der Waals surface area contributed by atoms with Crippen molar-refractivity contribution in [3.05, 3.63) is 42.2 Å². The number of ether oxygens (including phenoxy) is 3. The molecule has 1 aliphatic carbocycles. The fourth-order valence-electron chi connectivity index (χ4n) is 7.08. The fourth-order valence-corrected chi connectivity index (χ4v) is 7.08. The number of imidazole rings is 2. The van der Waals surface area contributed by atoms with Crippen LogP contribution < -0.4 is 5.73 Å². The Morgan fingerprint density at radius 3 is 2.67 bits per heavy atom. The molecular weight excluding hydrogens is 544 g/mol. The van der Waals surface area contributed by atoms with Gasteiger partial charge in [0.15, 0.2) is 23.5 Å². The number of nitrogens with two attached hydrogens (primary N) is 1. The molecule has 3 N–H and O–H groups in total. The number of anilines is 1. The molecule has 11 heteroatoms. The highest BCUT2D eigenvalue weighted by molar-refractivity contribution is 5.81. The lowest BCUT2D eigenvalue weighted by Crippen LogP contribution is -2.49. The van der Waals surface area contributed by atoms with E-state index in [1.165, 1.54) is 24.7 Å². The van der Waals surface area contributed by atoms with Crippen molar-refractivity contribution in [3.63, 3.8) is 0 Å². The van der Waals surface area contributed by atoms with Gasteiger partial charge in [0.1, 0.15) is 36.0 Å². The van der Waals surface area contributed by atoms with Crippen LogP contribution in [0.1, 0.15) is 78.4 Å². The second-order valence-corrected chi connectivity index (χ2v) is 14.0. The summed E-state index contributed by atoms with van der Waals surface area (Å²) in [6.07, 6.45) is 6.68. The topological polar surface area (TPSA) is 129 Å². The summed E-state index contributed by atoms with van der Waals surface area (Å²) in [5.41, 5.74) is 10.9. The second kappa shape index (κ2) is 10.5. The number of H-pyrrole nitrogens is 1. The van der Waals surface area contributed by atoms with Gasteiger partial charge in [-0.05, 0) is 68.7 Å². The first-order valence-corrected chi connectivity index (χ1v) is 15.7. The van der Waals surface area contributed by atoms with Gasteiger partial charge in [-0.3, -0.25) is 9.47 Å². The van der Waals surface area contributed by atoms with Crippen molar-refractivity contribution >= 4 is 28.0 Å². The van der Waals surface area contributed by atoms with Crippen LogP contribution in [0, 0.1) is 5.92 Å². The van der Waals surface area contributed by atoms with Gasteiger partial charge in [-0.15, -0.1) is 0 Å². The highest BCUT2D eigenvalue weighted by Gasteiger charge is 2.56. The molecule has 3 aliphatic rings. The Balaban J connectivity index is 0.985. The van der Waals surface area contributed by atoms with Crippen LogP contribution in [0.4, 0.5) is 5.82 Å². The predicted molar refractivity (Wildman–Crippen MR) is 164 cm³/mol. The molecule has 4 aromatic rings. The summed E-state index contributed by atoms with van der Waals surface area (Å²) in [7, 11) is 0. The third kappa shape index (κ3) is 5.30. The lowest BCUT2D eigenvalue weighted by molar-refractivity contribution is -0.199. The first kappa shape index (κ1) is 28.6. The SMILES string of the molecule is CCN(C[C@H]1O[C@@H](n2cnc3c(N)ncnc32)[C@@H]2OC(C)(C)O[C@@H]21)C1CC(CCc2nc3ccc(C(C)(C)C)cc3[nH]2)C1. The van der Waals surface area contributed by atoms with E-state index >= 15 is 0 Å². The van der Waals surface area contributed by atoms with Crippen LogP contribution in [-0.2, 0) is 26.0 Å². The number of aromatic nitrogens is 6. The Labute approximate surface area is 252 Å². The quantitative estimate of drug-likeness (QED) is 0.300. The van der Waals surface area contributed by atoms with Gasteiger partial charge in [-0.25, -0.2) is 19.9 Å². The van der Waals surface area contributed by atoms with Crippen molar-refractivity contribution < 1.29 is 14.2 Å². The Kier molecular flexibility index (Phi) is 7.00. The van der Waals surface area contributed by atoms with Gasteiger partial charge in [0.05, 0.1) is 17.4 Å². The van der Waals surface area contributed by atoms with E-state index < -0.39 is 12.0 Å². The van der Waals surface area contributed by atoms with Crippen molar-refractivity contribution in [1.82, 2.24) is 34.4 Å². The first-order valence-electron chi connectivity index (χ1n) is 15.7. The molecule has 3 fully saturated rings. The average molecular weight is 589 g/mol. The summed E-state index contributed by atoms with van der Waals surface area (Å²) < 4.78 is 21.4. The van der Waals surface area contributed by atoms with Crippen LogP contribution in [0.3, 0.4) is 0 Å². The lowest BCUT2D eigenvalue weighted by atomic mass is 9.76. The van der Waals surface area contributed by atoms with Crippen molar-refractivity contribution in [2.45, 2.75) is 109 Å². The standard InChI is InChI=1S/C32H44N8O3/c1-7-39(20-12-18(13-20)8-11-24-37-21-10-9-19(31(2,3)4)14-22(21)38-24)15-23-26-27(43-32(5,6)42-26)30(41-23)40-17-36-25-28(33)34-16-35-29(25)40/h9-10,14,16-18,20,23,26-27,30H,7-8,11-13,15H2,1-6H3,(H,37,38)(H2,33,34,35)/t18?,20?,23-,26-,27-,30-/m1/s1. The van der Waals surface area contributed by atoms with E-state index in [1.54, 1.807) is 6.33 Å². The molecular formula is C32H44N8O3. The van der Waals surface area contributed by atoms with Crippen LogP contribution in [0.15, 0.2) is 30.9 Å². The molecule has 0 amide bonds. The van der Waals surface area contributed by atoms with Gasteiger partial charge < -0.3 is 24.9 Å². The first-order chi connectivity index (χ1) is 20.5. The molecule has 4 atom stereocenters. The third-order valence-electron chi connectivity index (χ3n) is 9.52. The maximum Gasteiger partial charge on any atom is 0.167 e. The van der Waals surface area contributed by atoms with Crippen molar-refractivity contribution in [1.29, 1.82) is 0 Å². The van der Waals surface area contributed by atoms with E-state index in [2.05, 4.69) is 70.7 Å². The van der Waals surface area contributed by atoms with Crippen LogP contribution in [-0.4, -0.2) is 77.6 Å². The Hall–Kier alpha value is -3.12. The number of nitrogens with one attached hydrogen (secondary N) is 1. The lowest BCUT2D eigenvalue weighted by Gasteiger charge is -2.44. The van der Waals surface area contributed by atoms with E-state index in [4.69, 9.17) is 24.9 Å². The fraction of sp³-hybridized carbons (Fsp3) is 0.625. The number of hydrogen-bond acceptors (Lipinski definition) is 9. The monoisotopic (exact) mass is 588 g/mol. The second-order valence-electron chi connectivity index (χ2n) is 14.0. The number of fused-ring (bicyclic) bond motifs is 3. The van der Waals surface area contributed by atoms with Crippen LogP contribution in [0.2, 0.25) is 0 Å². The Morgan fingerprint density at radius 1 is 1.12 bits per heavy atom. The van der Waals surface area contributed by atoms with Crippen molar-refractivity contribution in [2.75, 3.05) is 18.8 Å². The van der Waals surface area contributed by atoms with Gasteiger partial charge in [0, 0.05) is 19.0 Å². The third-order valence-corrected chi connectivity index (χ3v) is 9.52. The molecule has 43 heavy (non-hydrogen) atoms. The number of hydrogen-bond donors (Lipinski definition) is 2. The predicted octanol–water partition coefficient (Wildman–Crippen LogP) is 4.73. The van der Waals surface area contributed by atoms with E-state index in [0.717, 1.165) is 42.8 Å². The van der Waals surface area contributed by atoms with E-state index in [1.807, 2.05) is 18.4 Å².